The highest BCUT2D eigenvalue weighted by Crippen LogP contribution is 2.23. The normalized spacial score (nSPS) is 19.2. The van der Waals surface area contributed by atoms with E-state index in [1.165, 1.54) is 0 Å². The highest BCUT2D eigenvalue weighted by Gasteiger charge is 2.22. The molecule has 5 nitrogen and oxygen atoms in total. The second-order valence-corrected chi connectivity index (χ2v) is 4.86. The van der Waals surface area contributed by atoms with Crippen molar-refractivity contribution < 1.29 is 0 Å². The maximum absolute atomic E-state index is 4.75. The molecule has 5 heteroatoms. The molecule has 1 saturated heterocycles. The fraction of sp³-hybridized carbons (Fsp3) is 0.538. The second kappa shape index (κ2) is 4.66. The van der Waals surface area contributed by atoms with E-state index in [2.05, 4.69) is 33.7 Å². The molecule has 0 aromatic carbocycles. The molecule has 1 aliphatic rings. The molecule has 0 spiro atoms. The first kappa shape index (κ1) is 11.6. The number of nitrogens with one attached hydrogen (secondary N) is 1. The summed E-state index contributed by atoms with van der Waals surface area (Å²) in [4.78, 5) is 11.4. The molecule has 2 aromatic rings. The van der Waals surface area contributed by atoms with E-state index in [0.29, 0.717) is 6.04 Å². The lowest BCUT2D eigenvalue weighted by Crippen LogP contribution is -2.44. The highest BCUT2D eigenvalue weighted by molar-refractivity contribution is 5.74. The van der Waals surface area contributed by atoms with Gasteiger partial charge in [-0.3, -0.25) is 9.88 Å². The molecule has 0 amide bonds. The van der Waals surface area contributed by atoms with Crippen LogP contribution in [0.4, 0.5) is 0 Å². The highest BCUT2D eigenvalue weighted by atomic mass is 15.2. The van der Waals surface area contributed by atoms with Crippen molar-refractivity contribution >= 4 is 11.0 Å². The number of piperazine rings is 1. The molecule has 1 fully saturated rings. The molecule has 3 heterocycles. The van der Waals surface area contributed by atoms with E-state index in [1.54, 1.807) is 6.20 Å². The van der Waals surface area contributed by atoms with Crippen LogP contribution < -0.4 is 5.32 Å². The van der Waals surface area contributed by atoms with Gasteiger partial charge < -0.3 is 9.88 Å². The van der Waals surface area contributed by atoms with Crippen molar-refractivity contribution in [3.63, 3.8) is 0 Å². The lowest BCUT2D eigenvalue weighted by molar-refractivity contribution is 0.177. The standard InChI is InChI=1S/C13H19N5/c1-10(18-7-5-14-6-8-18)13-16-11-3-4-15-9-12(11)17(13)2/h3-4,9-10,14H,5-8H2,1-2H3. The maximum Gasteiger partial charge on any atom is 0.126 e. The smallest absolute Gasteiger partial charge is 0.126 e. The van der Waals surface area contributed by atoms with Gasteiger partial charge in [0, 0.05) is 39.4 Å². The van der Waals surface area contributed by atoms with Crippen molar-refractivity contribution in [1.29, 1.82) is 0 Å². The molecule has 0 saturated carbocycles. The quantitative estimate of drug-likeness (QED) is 0.855. The van der Waals surface area contributed by atoms with E-state index in [-0.39, 0.29) is 0 Å². The summed E-state index contributed by atoms with van der Waals surface area (Å²) in [5, 5.41) is 3.38. The fourth-order valence-corrected chi connectivity index (χ4v) is 2.66. The van der Waals surface area contributed by atoms with Crippen LogP contribution >= 0.6 is 0 Å². The first-order valence-corrected chi connectivity index (χ1v) is 6.48. The fourth-order valence-electron chi connectivity index (χ4n) is 2.66. The van der Waals surface area contributed by atoms with Crippen LogP contribution in [0.15, 0.2) is 18.5 Å². The van der Waals surface area contributed by atoms with Gasteiger partial charge in [-0.25, -0.2) is 4.98 Å². The minimum absolute atomic E-state index is 0.351. The lowest BCUT2D eigenvalue weighted by Gasteiger charge is -2.32. The average molecular weight is 245 g/mol. The zero-order chi connectivity index (χ0) is 12.5. The number of nitrogens with zero attached hydrogens (tertiary/aromatic N) is 4. The Labute approximate surface area is 107 Å². The zero-order valence-electron chi connectivity index (χ0n) is 10.9. The Morgan fingerprint density at radius 1 is 1.33 bits per heavy atom. The molecule has 0 aliphatic carbocycles. The first-order valence-electron chi connectivity index (χ1n) is 6.48. The summed E-state index contributed by atoms with van der Waals surface area (Å²) in [6.07, 6.45) is 3.69. The minimum atomic E-state index is 0.351. The van der Waals surface area contributed by atoms with Gasteiger partial charge in [0.05, 0.1) is 23.3 Å². The van der Waals surface area contributed by atoms with Crippen molar-refractivity contribution in [2.24, 2.45) is 7.05 Å². The molecule has 1 unspecified atom stereocenters. The Kier molecular flexibility index (Phi) is 3.01. The Hall–Kier alpha value is -1.46. The van der Waals surface area contributed by atoms with Crippen molar-refractivity contribution in [2.45, 2.75) is 13.0 Å². The van der Waals surface area contributed by atoms with E-state index in [1.807, 2.05) is 12.3 Å². The number of imidazole rings is 1. The predicted molar refractivity (Wildman–Crippen MR) is 71.4 cm³/mol. The van der Waals surface area contributed by atoms with Gasteiger partial charge in [0.15, 0.2) is 0 Å². The molecular weight excluding hydrogens is 226 g/mol. The van der Waals surface area contributed by atoms with Crippen LogP contribution in [0.5, 0.6) is 0 Å². The van der Waals surface area contributed by atoms with Crippen LogP contribution in [0.2, 0.25) is 0 Å². The topological polar surface area (TPSA) is 46.0 Å². The monoisotopic (exact) mass is 245 g/mol. The number of aryl methyl sites for hydroxylation is 1. The van der Waals surface area contributed by atoms with Crippen LogP contribution in [0.1, 0.15) is 18.8 Å². The third-order valence-electron chi connectivity index (χ3n) is 3.79. The molecule has 18 heavy (non-hydrogen) atoms. The summed E-state index contributed by atoms with van der Waals surface area (Å²) in [5.41, 5.74) is 2.14. The van der Waals surface area contributed by atoms with E-state index in [4.69, 9.17) is 4.98 Å². The van der Waals surface area contributed by atoms with Gasteiger partial charge in [-0.2, -0.15) is 0 Å². The number of aromatic nitrogens is 3. The van der Waals surface area contributed by atoms with Crippen LogP contribution in [-0.2, 0) is 7.05 Å². The molecule has 3 rings (SSSR count). The van der Waals surface area contributed by atoms with Gasteiger partial charge in [-0.1, -0.05) is 0 Å². The average Bonchev–Trinajstić information content (AvgIpc) is 2.77. The SMILES string of the molecule is CC(c1nc2ccncc2n1C)N1CCNCC1. The summed E-state index contributed by atoms with van der Waals surface area (Å²) >= 11 is 0. The largest absolute Gasteiger partial charge is 0.329 e. The van der Waals surface area contributed by atoms with Gasteiger partial charge in [-0.15, -0.1) is 0 Å². The number of rotatable bonds is 2. The van der Waals surface area contributed by atoms with E-state index in [0.717, 1.165) is 43.0 Å². The zero-order valence-corrected chi connectivity index (χ0v) is 10.9. The Balaban J connectivity index is 1.95. The van der Waals surface area contributed by atoms with Crippen LogP contribution in [0.25, 0.3) is 11.0 Å². The number of hydrogen-bond acceptors (Lipinski definition) is 4. The van der Waals surface area contributed by atoms with E-state index < -0.39 is 0 Å². The van der Waals surface area contributed by atoms with Gasteiger partial charge in [0.1, 0.15) is 5.82 Å². The molecular formula is C13H19N5. The molecule has 1 aliphatic heterocycles. The summed E-state index contributed by atoms with van der Waals surface area (Å²) in [5.74, 6) is 1.12. The number of hydrogen-bond donors (Lipinski definition) is 1. The number of pyridine rings is 1. The Morgan fingerprint density at radius 2 is 2.11 bits per heavy atom. The van der Waals surface area contributed by atoms with Crippen molar-refractivity contribution in [2.75, 3.05) is 26.2 Å². The molecule has 1 N–H and O–H groups in total. The van der Waals surface area contributed by atoms with Crippen molar-refractivity contribution in [3.8, 4) is 0 Å². The minimum Gasteiger partial charge on any atom is -0.329 e. The van der Waals surface area contributed by atoms with E-state index in [9.17, 15) is 0 Å². The predicted octanol–water partition coefficient (Wildman–Crippen LogP) is 0.934. The summed E-state index contributed by atoms with van der Waals surface area (Å²) in [6, 6.07) is 2.33. The van der Waals surface area contributed by atoms with Crippen LogP contribution in [0.3, 0.4) is 0 Å². The molecule has 96 valence electrons. The van der Waals surface area contributed by atoms with Gasteiger partial charge in [0.2, 0.25) is 0 Å². The summed E-state index contributed by atoms with van der Waals surface area (Å²) < 4.78 is 2.16. The van der Waals surface area contributed by atoms with Crippen LogP contribution in [0, 0.1) is 0 Å². The van der Waals surface area contributed by atoms with Crippen molar-refractivity contribution in [3.05, 3.63) is 24.3 Å². The molecule has 0 radical (unpaired) electrons. The summed E-state index contributed by atoms with van der Waals surface area (Å²) in [7, 11) is 2.07. The van der Waals surface area contributed by atoms with Gasteiger partial charge in [-0.05, 0) is 13.0 Å². The Morgan fingerprint density at radius 3 is 2.83 bits per heavy atom. The van der Waals surface area contributed by atoms with Crippen LogP contribution in [-0.4, -0.2) is 45.6 Å². The maximum atomic E-state index is 4.75. The number of fused-ring (bicyclic) bond motifs is 1. The second-order valence-electron chi connectivity index (χ2n) is 4.86. The van der Waals surface area contributed by atoms with Gasteiger partial charge in [0.25, 0.3) is 0 Å². The molecule has 0 bridgehead atoms. The molecule has 1 atom stereocenters. The van der Waals surface area contributed by atoms with Crippen molar-refractivity contribution in [1.82, 2.24) is 24.8 Å². The molecule has 2 aromatic heterocycles. The third-order valence-corrected chi connectivity index (χ3v) is 3.79. The first-order chi connectivity index (χ1) is 8.77. The Bertz CT molecular complexity index is 541. The lowest BCUT2D eigenvalue weighted by atomic mass is 10.2. The van der Waals surface area contributed by atoms with E-state index >= 15 is 0 Å². The third kappa shape index (κ3) is 1.89. The van der Waals surface area contributed by atoms with Gasteiger partial charge >= 0.3 is 0 Å². The summed E-state index contributed by atoms with van der Waals surface area (Å²) in [6.45, 7) is 6.54.